The van der Waals surface area contributed by atoms with Crippen LogP contribution in [0.15, 0.2) is 66.3 Å². The molecule has 0 saturated carbocycles. The van der Waals surface area contributed by atoms with Gasteiger partial charge >= 0.3 is 0 Å². The molecule has 29 heavy (non-hydrogen) atoms. The highest BCUT2D eigenvalue weighted by molar-refractivity contribution is 7.99. The van der Waals surface area contributed by atoms with Crippen molar-refractivity contribution in [3.8, 4) is 5.75 Å². The van der Waals surface area contributed by atoms with E-state index in [0.717, 1.165) is 22.6 Å². The van der Waals surface area contributed by atoms with E-state index in [1.54, 1.807) is 6.08 Å². The highest BCUT2D eigenvalue weighted by atomic mass is 32.2. The molecule has 0 aliphatic heterocycles. The molecule has 0 unspecified atom stereocenters. The summed E-state index contributed by atoms with van der Waals surface area (Å²) in [5, 5.41) is 12.0. The molecule has 1 amide bonds. The van der Waals surface area contributed by atoms with Crippen LogP contribution < -0.4 is 10.1 Å². The summed E-state index contributed by atoms with van der Waals surface area (Å²) < 4.78 is 7.88. The zero-order chi connectivity index (χ0) is 20.6. The average Bonchev–Trinajstić information content (AvgIpc) is 3.10. The second kappa shape index (κ2) is 9.93. The number of allylic oxidation sites excluding steroid dienone is 1. The van der Waals surface area contributed by atoms with Crippen molar-refractivity contribution >= 4 is 23.4 Å². The predicted octanol–water partition coefficient (Wildman–Crippen LogP) is 4.39. The molecule has 1 aromatic heterocycles. The first-order valence-electron chi connectivity index (χ1n) is 9.27. The van der Waals surface area contributed by atoms with E-state index < -0.39 is 0 Å². The fourth-order valence-corrected chi connectivity index (χ4v) is 3.47. The standard InChI is InChI=1S/C22H24N4O2S/c1-4-12-26-20(14-28-19-13-16(2)10-11-17(19)3)24-25-22(26)29-15-21(27)23-18-8-6-5-7-9-18/h4-11,13H,1,12,14-15H2,2-3H3,(H,23,27). The second-order valence-electron chi connectivity index (χ2n) is 6.56. The number of anilines is 1. The van der Waals surface area contributed by atoms with Crippen LogP contribution in [0.25, 0.3) is 0 Å². The lowest BCUT2D eigenvalue weighted by atomic mass is 10.1. The van der Waals surface area contributed by atoms with E-state index in [-0.39, 0.29) is 11.7 Å². The monoisotopic (exact) mass is 408 g/mol. The minimum atomic E-state index is -0.0949. The minimum absolute atomic E-state index is 0.0949. The third-order valence-corrected chi connectivity index (χ3v) is 5.16. The number of carbonyl (C=O) groups is 1. The number of para-hydroxylation sites is 1. The molecular weight excluding hydrogens is 384 g/mol. The summed E-state index contributed by atoms with van der Waals surface area (Å²) in [6.45, 7) is 8.68. The van der Waals surface area contributed by atoms with Gasteiger partial charge in [0.05, 0.1) is 5.75 Å². The number of aromatic nitrogens is 3. The molecule has 7 heteroatoms. The van der Waals surface area contributed by atoms with Crippen LogP contribution in [0.5, 0.6) is 5.75 Å². The Kier molecular flexibility index (Phi) is 7.08. The Bertz CT molecular complexity index is 986. The number of aryl methyl sites for hydroxylation is 2. The van der Waals surface area contributed by atoms with Crippen molar-refractivity contribution in [2.45, 2.75) is 32.2 Å². The summed E-state index contributed by atoms with van der Waals surface area (Å²) >= 11 is 1.34. The number of carbonyl (C=O) groups excluding carboxylic acids is 1. The quantitative estimate of drug-likeness (QED) is 0.420. The lowest BCUT2D eigenvalue weighted by molar-refractivity contribution is -0.113. The largest absolute Gasteiger partial charge is 0.485 e. The predicted molar refractivity (Wildman–Crippen MR) is 116 cm³/mol. The summed E-state index contributed by atoms with van der Waals surface area (Å²) in [6, 6.07) is 15.5. The molecule has 0 bridgehead atoms. The van der Waals surface area contributed by atoms with Crippen LogP contribution >= 0.6 is 11.8 Å². The average molecular weight is 409 g/mol. The zero-order valence-electron chi connectivity index (χ0n) is 16.6. The maximum atomic E-state index is 12.2. The van der Waals surface area contributed by atoms with E-state index in [0.29, 0.717) is 24.1 Å². The van der Waals surface area contributed by atoms with Gasteiger partial charge in [0.25, 0.3) is 0 Å². The Labute approximate surface area is 175 Å². The van der Waals surface area contributed by atoms with Crippen LogP contribution in [-0.4, -0.2) is 26.4 Å². The molecule has 0 saturated heterocycles. The number of nitrogens with one attached hydrogen (secondary N) is 1. The van der Waals surface area contributed by atoms with Crippen molar-refractivity contribution in [3.05, 3.63) is 78.1 Å². The molecule has 0 spiro atoms. The van der Waals surface area contributed by atoms with Crippen LogP contribution in [-0.2, 0) is 17.9 Å². The van der Waals surface area contributed by atoms with Crippen molar-refractivity contribution in [2.75, 3.05) is 11.1 Å². The first kappa shape index (κ1) is 20.7. The van der Waals surface area contributed by atoms with Gasteiger partial charge < -0.3 is 10.1 Å². The highest BCUT2D eigenvalue weighted by Crippen LogP contribution is 2.22. The highest BCUT2D eigenvalue weighted by Gasteiger charge is 2.14. The lowest BCUT2D eigenvalue weighted by Crippen LogP contribution is -2.15. The van der Waals surface area contributed by atoms with Gasteiger partial charge in [0, 0.05) is 12.2 Å². The molecule has 1 heterocycles. The third-order valence-electron chi connectivity index (χ3n) is 4.20. The van der Waals surface area contributed by atoms with Gasteiger partial charge in [0.1, 0.15) is 12.4 Å². The van der Waals surface area contributed by atoms with Crippen molar-refractivity contribution in [1.82, 2.24) is 14.8 Å². The molecule has 0 atom stereocenters. The van der Waals surface area contributed by atoms with Gasteiger partial charge in [-0.05, 0) is 43.2 Å². The van der Waals surface area contributed by atoms with Crippen LogP contribution in [0.1, 0.15) is 17.0 Å². The number of thioether (sulfide) groups is 1. The summed E-state index contributed by atoms with van der Waals surface area (Å²) in [6.07, 6.45) is 1.78. The molecule has 150 valence electrons. The number of hydrogen-bond donors (Lipinski definition) is 1. The maximum Gasteiger partial charge on any atom is 0.234 e. The second-order valence-corrected chi connectivity index (χ2v) is 7.50. The van der Waals surface area contributed by atoms with E-state index in [2.05, 4.69) is 28.2 Å². The van der Waals surface area contributed by atoms with Crippen molar-refractivity contribution in [1.29, 1.82) is 0 Å². The molecule has 3 rings (SSSR count). The topological polar surface area (TPSA) is 69.0 Å². The SMILES string of the molecule is C=CCn1c(COc2cc(C)ccc2C)nnc1SCC(=O)Nc1ccccc1. The fourth-order valence-electron chi connectivity index (χ4n) is 2.70. The van der Waals surface area contributed by atoms with Gasteiger partial charge in [-0.2, -0.15) is 0 Å². The van der Waals surface area contributed by atoms with Gasteiger partial charge in [-0.15, -0.1) is 16.8 Å². The van der Waals surface area contributed by atoms with Crippen LogP contribution in [0, 0.1) is 13.8 Å². The zero-order valence-corrected chi connectivity index (χ0v) is 17.4. The Balaban J connectivity index is 1.64. The molecule has 2 aromatic carbocycles. The van der Waals surface area contributed by atoms with Gasteiger partial charge in [0.2, 0.25) is 5.91 Å². The van der Waals surface area contributed by atoms with Crippen LogP contribution in [0.3, 0.4) is 0 Å². The van der Waals surface area contributed by atoms with Gasteiger partial charge in [0.15, 0.2) is 11.0 Å². The Hall–Kier alpha value is -3.06. The molecule has 0 fully saturated rings. The van der Waals surface area contributed by atoms with Gasteiger partial charge in [-0.25, -0.2) is 0 Å². The van der Waals surface area contributed by atoms with E-state index in [9.17, 15) is 4.79 Å². The molecule has 0 aliphatic rings. The fraction of sp³-hybridized carbons (Fsp3) is 0.227. The molecule has 0 radical (unpaired) electrons. The molecule has 0 aliphatic carbocycles. The van der Waals surface area contributed by atoms with Gasteiger partial charge in [-0.1, -0.05) is 48.2 Å². The summed E-state index contributed by atoms with van der Waals surface area (Å²) in [5.41, 5.74) is 2.98. The summed E-state index contributed by atoms with van der Waals surface area (Å²) in [5.74, 6) is 1.66. The number of ether oxygens (including phenoxy) is 1. The van der Waals surface area contributed by atoms with Gasteiger partial charge in [-0.3, -0.25) is 9.36 Å². The van der Waals surface area contributed by atoms with Crippen molar-refractivity contribution in [3.63, 3.8) is 0 Å². The van der Waals surface area contributed by atoms with Crippen LogP contribution in [0.2, 0.25) is 0 Å². The molecule has 6 nitrogen and oxygen atoms in total. The summed E-state index contributed by atoms with van der Waals surface area (Å²) in [7, 11) is 0. The smallest absolute Gasteiger partial charge is 0.234 e. The Morgan fingerprint density at radius 1 is 1.21 bits per heavy atom. The van der Waals surface area contributed by atoms with E-state index >= 15 is 0 Å². The number of benzene rings is 2. The van der Waals surface area contributed by atoms with E-state index in [4.69, 9.17) is 4.74 Å². The molecule has 3 aromatic rings. The Morgan fingerprint density at radius 2 is 2.00 bits per heavy atom. The maximum absolute atomic E-state index is 12.2. The lowest BCUT2D eigenvalue weighted by Gasteiger charge is -2.11. The number of rotatable bonds is 9. The minimum Gasteiger partial charge on any atom is -0.485 e. The normalized spacial score (nSPS) is 10.6. The van der Waals surface area contributed by atoms with Crippen molar-refractivity contribution < 1.29 is 9.53 Å². The first-order valence-corrected chi connectivity index (χ1v) is 10.3. The van der Waals surface area contributed by atoms with Crippen molar-refractivity contribution in [2.24, 2.45) is 0 Å². The summed E-state index contributed by atoms with van der Waals surface area (Å²) in [4.78, 5) is 12.2. The van der Waals surface area contributed by atoms with E-state index in [1.807, 2.05) is 60.9 Å². The number of amides is 1. The molecule has 1 N–H and O–H groups in total. The third kappa shape index (κ3) is 5.71. The Morgan fingerprint density at radius 3 is 2.76 bits per heavy atom. The van der Waals surface area contributed by atoms with E-state index in [1.165, 1.54) is 11.8 Å². The van der Waals surface area contributed by atoms with Crippen LogP contribution in [0.4, 0.5) is 5.69 Å². The number of nitrogens with zero attached hydrogens (tertiary/aromatic N) is 3. The number of hydrogen-bond acceptors (Lipinski definition) is 5. The first-order chi connectivity index (χ1) is 14.1. The molecular formula is C22H24N4O2S.